The van der Waals surface area contributed by atoms with Crippen LogP contribution in [-0.2, 0) is 18.7 Å². The highest BCUT2D eigenvalue weighted by Crippen LogP contribution is 2.29. The summed E-state index contributed by atoms with van der Waals surface area (Å²) in [6, 6.07) is 0. The van der Waals surface area contributed by atoms with Gasteiger partial charge in [0.1, 0.15) is 0 Å². The molecular formula is C34H65O5P. The average molecular weight is 585 g/mol. The molecule has 0 bridgehead atoms. The third kappa shape index (κ3) is 23.0. The summed E-state index contributed by atoms with van der Waals surface area (Å²) in [5.74, 6) is -0.788. The van der Waals surface area contributed by atoms with Crippen molar-refractivity contribution >= 4 is 19.8 Å². The van der Waals surface area contributed by atoms with Crippen molar-refractivity contribution in [3.63, 3.8) is 0 Å². The summed E-state index contributed by atoms with van der Waals surface area (Å²) in [4.78, 5) is 37.0. The van der Waals surface area contributed by atoms with E-state index in [4.69, 9.17) is 4.52 Å². The third-order valence-electron chi connectivity index (χ3n) is 8.34. The number of unbranched alkanes of at least 4 members (excludes halogenated alkanes) is 24. The number of rotatable bonds is 32. The predicted octanol–water partition coefficient (Wildman–Crippen LogP) is 10.9. The van der Waals surface area contributed by atoms with Gasteiger partial charge in [-0.05, 0) is 24.3 Å². The normalized spacial score (nSPS) is 12.2. The highest BCUT2D eigenvalue weighted by molar-refractivity contribution is 7.30. The van der Waals surface area contributed by atoms with Crippen molar-refractivity contribution in [2.45, 2.75) is 206 Å². The Morgan fingerprint density at radius 1 is 0.500 bits per heavy atom. The van der Waals surface area contributed by atoms with Crippen LogP contribution in [0.2, 0.25) is 0 Å². The smallest absolute Gasteiger partial charge is 0.489 e. The molecule has 0 N–H and O–H groups in total. The highest BCUT2D eigenvalue weighted by Gasteiger charge is 2.46. The van der Waals surface area contributed by atoms with Gasteiger partial charge in [-0.1, -0.05) is 168 Å². The lowest BCUT2D eigenvalue weighted by Gasteiger charge is -2.21. The minimum Gasteiger partial charge on any atom is -0.566 e. The molecule has 0 heterocycles. The summed E-state index contributed by atoms with van der Waals surface area (Å²) in [6.07, 6.45) is 31.9. The van der Waals surface area contributed by atoms with Crippen molar-refractivity contribution < 1.29 is 23.6 Å². The van der Waals surface area contributed by atoms with E-state index in [0.717, 1.165) is 25.7 Å². The average Bonchev–Trinajstić information content (AvgIpc) is 2.93. The van der Waals surface area contributed by atoms with Gasteiger partial charge >= 0.3 is 8.25 Å². The van der Waals surface area contributed by atoms with Crippen molar-refractivity contribution in [1.82, 2.24) is 0 Å². The highest BCUT2D eigenvalue weighted by atomic mass is 31.1. The molecule has 40 heavy (non-hydrogen) atoms. The van der Waals surface area contributed by atoms with Crippen LogP contribution in [0.1, 0.15) is 201 Å². The van der Waals surface area contributed by atoms with Crippen LogP contribution < -0.4 is 4.89 Å². The Hall–Kier alpha value is -0.640. The molecule has 0 radical (unpaired) electrons. The molecule has 6 heteroatoms. The van der Waals surface area contributed by atoms with E-state index in [1.807, 2.05) is 0 Å². The molecular weight excluding hydrogens is 519 g/mol. The van der Waals surface area contributed by atoms with Crippen LogP contribution >= 0.6 is 8.25 Å². The molecule has 5 nitrogen and oxygen atoms in total. The topological polar surface area (TPSA) is 83.5 Å². The van der Waals surface area contributed by atoms with Crippen LogP contribution in [0, 0.1) is 0 Å². The first-order chi connectivity index (χ1) is 19.4. The molecule has 0 spiro atoms. The second-order valence-corrected chi connectivity index (χ2v) is 12.8. The molecule has 0 aromatic rings. The monoisotopic (exact) mass is 584 g/mol. The zero-order chi connectivity index (χ0) is 29.7. The Morgan fingerprint density at radius 3 is 0.950 bits per heavy atom. The molecule has 0 saturated carbocycles. The van der Waals surface area contributed by atoms with Crippen LogP contribution in [0.4, 0.5) is 0 Å². The van der Waals surface area contributed by atoms with Gasteiger partial charge in [0.15, 0.2) is 11.6 Å². The number of carbonyl (C=O) groups is 2. The quantitative estimate of drug-likeness (QED) is 0.0446. The number of carbonyl (C=O) groups excluding carboxylic acids is 2. The standard InChI is InChI=1S/C34H65O5P/c1-4-6-8-10-12-14-16-18-20-22-24-26-28-30-32(35)34(3,39-40(37)38)33(36)31-29-27-25-23-21-19-17-15-13-11-9-7-5-2/h4-31H2,1-3H3. The van der Waals surface area contributed by atoms with Gasteiger partial charge in [0.05, 0.1) is 0 Å². The minimum atomic E-state index is -3.27. The van der Waals surface area contributed by atoms with Gasteiger partial charge in [-0.2, -0.15) is 0 Å². The Labute approximate surface area is 249 Å². The second kappa shape index (κ2) is 28.5. The van der Waals surface area contributed by atoms with E-state index in [9.17, 15) is 19.0 Å². The SMILES string of the molecule is CCCCCCCCCCCCCCCC(=O)C(C)(O[P+](=O)[O-])C(=O)CCCCCCCCCCCCCCC. The van der Waals surface area contributed by atoms with Crippen LogP contribution in [0.15, 0.2) is 0 Å². The Bertz CT molecular complexity index is 579. The lowest BCUT2D eigenvalue weighted by molar-refractivity contribution is -0.197. The summed E-state index contributed by atoms with van der Waals surface area (Å²) in [5, 5.41) is 0. The summed E-state index contributed by atoms with van der Waals surface area (Å²) >= 11 is 0. The number of hydrogen-bond donors (Lipinski definition) is 0. The van der Waals surface area contributed by atoms with Crippen LogP contribution in [0.3, 0.4) is 0 Å². The number of Topliss-reactive ketones (excluding diaryl/α,β-unsaturated/α-hetero) is 2. The molecule has 0 amide bonds. The molecule has 0 saturated heterocycles. The van der Waals surface area contributed by atoms with Gasteiger partial charge in [0.2, 0.25) is 5.60 Å². The van der Waals surface area contributed by atoms with E-state index in [0.29, 0.717) is 12.8 Å². The first-order valence-electron chi connectivity index (χ1n) is 17.3. The van der Waals surface area contributed by atoms with Crippen molar-refractivity contribution in [3.8, 4) is 0 Å². The maximum absolute atomic E-state index is 12.9. The molecule has 0 aliphatic carbocycles. The fourth-order valence-electron chi connectivity index (χ4n) is 5.49. The van der Waals surface area contributed by atoms with Gasteiger partial charge in [-0.15, -0.1) is 4.52 Å². The predicted molar refractivity (Wildman–Crippen MR) is 168 cm³/mol. The molecule has 236 valence electrons. The zero-order valence-corrected chi connectivity index (χ0v) is 27.7. The van der Waals surface area contributed by atoms with E-state index >= 15 is 0 Å². The molecule has 1 unspecified atom stereocenters. The van der Waals surface area contributed by atoms with E-state index < -0.39 is 25.4 Å². The van der Waals surface area contributed by atoms with Crippen LogP contribution in [-0.4, -0.2) is 17.2 Å². The van der Waals surface area contributed by atoms with Crippen LogP contribution in [0.25, 0.3) is 0 Å². The van der Waals surface area contributed by atoms with Crippen molar-refractivity contribution in [2.24, 2.45) is 0 Å². The fraction of sp³-hybridized carbons (Fsp3) is 0.941. The van der Waals surface area contributed by atoms with Crippen molar-refractivity contribution in [3.05, 3.63) is 0 Å². The first-order valence-corrected chi connectivity index (χ1v) is 18.4. The third-order valence-corrected chi connectivity index (χ3v) is 8.85. The van der Waals surface area contributed by atoms with E-state index in [-0.39, 0.29) is 12.8 Å². The maximum Gasteiger partial charge on any atom is 0.489 e. The van der Waals surface area contributed by atoms with Crippen LogP contribution in [0.5, 0.6) is 0 Å². The van der Waals surface area contributed by atoms with E-state index in [1.165, 1.54) is 135 Å². The lowest BCUT2D eigenvalue weighted by Crippen LogP contribution is -2.45. The Kier molecular flexibility index (Phi) is 28.0. The van der Waals surface area contributed by atoms with Gasteiger partial charge in [0.25, 0.3) is 0 Å². The number of ketones is 2. The second-order valence-electron chi connectivity index (χ2n) is 12.2. The molecule has 0 aromatic heterocycles. The fourth-order valence-corrected chi connectivity index (χ4v) is 5.99. The van der Waals surface area contributed by atoms with Gasteiger partial charge in [-0.3, -0.25) is 9.59 Å². The summed E-state index contributed by atoms with van der Waals surface area (Å²) in [7, 11) is -3.27. The molecule has 0 fully saturated rings. The largest absolute Gasteiger partial charge is 0.566 e. The number of hydrogen-bond acceptors (Lipinski definition) is 5. The van der Waals surface area contributed by atoms with Crippen molar-refractivity contribution in [2.75, 3.05) is 0 Å². The zero-order valence-electron chi connectivity index (χ0n) is 26.8. The molecule has 0 aliphatic rings. The molecule has 0 aromatic carbocycles. The van der Waals surface area contributed by atoms with E-state index in [2.05, 4.69) is 13.8 Å². The summed E-state index contributed by atoms with van der Waals surface area (Å²) < 4.78 is 16.3. The van der Waals surface area contributed by atoms with Gasteiger partial charge in [0, 0.05) is 12.8 Å². The first kappa shape index (κ1) is 39.4. The molecule has 1 atom stereocenters. The molecule has 0 aliphatic heterocycles. The summed E-state index contributed by atoms with van der Waals surface area (Å²) in [5.41, 5.74) is -1.86. The minimum absolute atomic E-state index is 0.196. The van der Waals surface area contributed by atoms with Crippen molar-refractivity contribution in [1.29, 1.82) is 0 Å². The van der Waals surface area contributed by atoms with E-state index in [1.54, 1.807) is 0 Å². The Balaban J connectivity index is 3.98. The summed E-state index contributed by atoms with van der Waals surface area (Å²) in [6.45, 7) is 5.85. The maximum atomic E-state index is 12.9. The van der Waals surface area contributed by atoms with Gasteiger partial charge in [-0.25, -0.2) is 0 Å². The lowest BCUT2D eigenvalue weighted by atomic mass is 9.89. The Morgan fingerprint density at radius 2 is 0.725 bits per heavy atom. The molecule has 0 rings (SSSR count). The van der Waals surface area contributed by atoms with Gasteiger partial charge < -0.3 is 4.89 Å².